The monoisotopic (exact) mass is 206 g/mol. The van der Waals surface area contributed by atoms with Crippen LogP contribution in [0.3, 0.4) is 0 Å². The molecule has 0 N–H and O–H groups in total. The average molecular weight is 207 g/mol. The Bertz CT molecular complexity index is 190. The fraction of sp³-hybridized carbons (Fsp3) is 0.375. The fourth-order valence-corrected chi connectivity index (χ4v) is 0.642. The van der Waals surface area contributed by atoms with E-state index in [9.17, 15) is 0 Å². The summed E-state index contributed by atoms with van der Waals surface area (Å²) >= 11 is 9.53. The van der Waals surface area contributed by atoms with Gasteiger partial charge in [-0.15, -0.1) is 23.2 Å². The van der Waals surface area contributed by atoms with Crippen molar-refractivity contribution in [2.24, 2.45) is 0 Å². The third-order valence-corrected chi connectivity index (χ3v) is 1.18. The van der Waals surface area contributed by atoms with Gasteiger partial charge in [0.1, 0.15) is 0 Å². The van der Waals surface area contributed by atoms with Crippen molar-refractivity contribution in [3.8, 4) is 0 Å². The molecular formula is C8H12Cl2N2. The summed E-state index contributed by atoms with van der Waals surface area (Å²) in [6.45, 7) is 0. The summed E-state index contributed by atoms with van der Waals surface area (Å²) in [5.74, 6) is 0. The molecule has 0 radical (unpaired) electrons. The van der Waals surface area contributed by atoms with Gasteiger partial charge in [-0.2, -0.15) is 0 Å². The third-order valence-electron chi connectivity index (χ3n) is 1.18. The summed E-state index contributed by atoms with van der Waals surface area (Å²) < 4.78 is 0. The Morgan fingerprint density at radius 3 is 1.92 bits per heavy atom. The molecule has 0 saturated carbocycles. The van der Waals surface area contributed by atoms with Crippen molar-refractivity contribution in [1.29, 1.82) is 0 Å². The number of pyridine rings is 1. The minimum Gasteiger partial charge on any atom is -0.378 e. The summed E-state index contributed by atoms with van der Waals surface area (Å²) in [6.07, 6.45) is 3.57. The third kappa shape index (κ3) is 5.22. The lowest BCUT2D eigenvalue weighted by Gasteiger charge is -2.10. The lowest BCUT2D eigenvalue weighted by molar-refractivity contribution is 1.12. The molecule has 1 aromatic heterocycles. The molecule has 0 aromatic carbocycles. The first-order valence-corrected chi connectivity index (χ1v) is 4.48. The highest BCUT2D eigenvalue weighted by Crippen LogP contribution is 2.05. The Morgan fingerprint density at radius 2 is 1.67 bits per heavy atom. The van der Waals surface area contributed by atoms with Crippen LogP contribution >= 0.6 is 23.2 Å². The molecule has 68 valence electrons. The first kappa shape index (κ1) is 11.5. The predicted molar refractivity (Wildman–Crippen MR) is 55.1 cm³/mol. The van der Waals surface area contributed by atoms with Gasteiger partial charge in [-0.3, -0.25) is 4.98 Å². The molecule has 0 aliphatic heterocycles. The van der Waals surface area contributed by atoms with Gasteiger partial charge in [-0.05, 0) is 12.1 Å². The quantitative estimate of drug-likeness (QED) is 0.658. The smallest absolute Gasteiger partial charge is 0.0967 e. The predicted octanol–water partition coefficient (Wildman–Crippen LogP) is 2.57. The van der Waals surface area contributed by atoms with Crippen molar-refractivity contribution < 1.29 is 0 Å². The van der Waals surface area contributed by atoms with E-state index in [0.29, 0.717) is 0 Å². The van der Waals surface area contributed by atoms with Crippen LogP contribution < -0.4 is 4.90 Å². The summed E-state index contributed by atoms with van der Waals surface area (Å²) in [6, 6.07) is 3.94. The molecule has 0 saturated heterocycles. The summed E-state index contributed by atoms with van der Waals surface area (Å²) in [5.41, 5.74) is 1.19. The lowest BCUT2D eigenvalue weighted by atomic mass is 10.4. The van der Waals surface area contributed by atoms with Gasteiger partial charge in [-0.1, -0.05) is 0 Å². The topological polar surface area (TPSA) is 16.1 Å². The highest BCUT2D eigenvalue weighted by molar-refractivity contribution is 6.40. The highest BCUT2D eigenvalue weighted by Gasteiger charge is 1.88. The molecule has 0 amide bonds. The number of rotatable bonds is 1. The van der Waals surface area contributed by atoms with Crippen molar-refractivity contribution in [2.75, 3.05) is 24.3 Å². The molecule has 0 aliphatic carbocycles. The van der Waals surface area contributed by atoms with Gasteiger partial charge >= 0.3 is 0 Å². The first-order valence-electron chi connectivity index (χ1n) is 3.41. The average Bonchev–Trinajstić information content (AvgIpc) is 2.07. The van der Waals surface area contributed by atoms with Crippen molar-refractivity contribution in [3.63, 3.8) is 0 Å². The van der Waals surface area contributed by atoms with Crippen LogP contribution in [0.1, 0.15) is 0 Å². The van der Waals surface area contributed by atoms with Crippen molar-refractivity contribution >= 4 is 28.9 Å². The molecule has 1 rings (SSSR count). The molecule has 0 atom stereocenters. The number of hydrogen-bond donors (Lipinski definition) is 0. The van der Waals surface area contributed by atoms with Crippen molar-refractivity contribution in [1.82, 2.24) is 4.98 Å². The van der Waals surface area contributed by atoms with Gasteiger partial charge in [0.2, 0.25) is 0 Å². The molecule has 0 unspecified atom stereocenters. The second-order valence-corrected chi connectivity index (χ2v) is 3.01. The van der Waals surface area contributed by atoms with Crippen LogP contribution in [0.25, 0.3) is 0 Å². The summed E-state index contributed by atoms with van der Waals surface area (Å²) in [7, 11) is 4.02. The minimum absolute atomic E-state index is 0.194. The van der Waals surface area contributed by atoms with Gasteiger partial charge in [0.25, 0.3) is 0 Å². The number of aromatic nitrogens is 1. The van der Waals surface area contributed by atoms with E-state index < -0.39 is 0 Å². The molecule has 0 aliphatic rings. The zero-order chi connectivity index (χ0) is 9.40. The number of hydrogen-bond acceptors (Lipinski definition) is 2. The fourth-order valence-electron chi connectivity index (χ4n) is 0.642. The summed E-state index contributed by atoms with van der Waals surface area (Å²) in [5, 5.41) is 0.194. The molecule has 1 aromatic rings. The van der Waals surface area contributed by atoms with E-state index >= 15 is 0 Å². The first-order chi connectivity index (χ1) is 5.72. The van der Waals surface area contributed by atoms with Crippen LogP contribution in [0.4, 0.5) is 5.69 Å². The summed E-state index contributed by atoms with van der Waals surface area (Å²) in [4.78, 5) is 5.94. The van der Waals surface area contributed by atoms with Gasteiger partial charge in [0.15, 0.2) is 0 Å². The Hall–Kier alpha value is -0.470. The number of nitrogens with zero attached hydrogens (tertiary/aromatic N) is 2. The highest BCUT2D eigenvalue weighted by atomic mass is 35.5. The van der Waals surface area contributed by atoms with E-state index in [1.54, 1.807) is 12.4 Å². The number of halogens is 2. The molecule has 2 nitrogen and oxygen atoms in total. The second-order valence-electron chi connectivity index (χ2n) is 2.20. The standard InChI is InChI=1S/C7H10N2.CH2Cl2/c1-9(2)7-3-5-8-6-4-7;2-1-3/h3-6H,1-2H3;1H2. The number of anilines is 1. The maximum absolute atomic E-state index is 4.76. The lowest BCUT2D eigenvalue weighted by Crippen LogP contribution is -2.07. The largest absolute Gasteiger partial charge is 0.378 e. The Labute approximate surface area is 83.1 Å². The van der Waals surface area contributed by atoms with E-state index in [2.05, 4.69) is 4.98 Å². The van der Waals surface area contributed by atoms with Crippen LogP contribution in [0.15, 0.2) is 24.5 Å². The van der Waals surface area contributed by atoms with E-state index in [1.165, 1.54) is 5.69 Å². The van der Waals surface area contributed by atoms with Crippen molar-refractivity contribution in [3.05, 3.63) is 24.5 Å². The minimum atomic E-state index is 0.194. The Kier molecular flexibility index (Phi) is 6.91. The van der Waals surface area contributed by atoms with Crippen LogP contribution in [0, 0.1) is 0 Å². The number of alkyl halides is 2. The SMILES string of the molecule is CN(C)c1ccncc1.ClCCl. The molecule has 0 fully saturated rings. The van der Waals surface area contributed by atoms with Gasteiger partial charge in [0.05, 0.1) is 5.34 Å². The zero-order valence-electron chi connectivity index (χ0n) is 7.17. The van der Waals surface area contributed by atoms with E-state index in [-0.39, 0.29) is 5.34 Å². The molecular weight excluding hydrogens is 195 g/mol. The van der Waals surface area contributed by atoms with Crippen LogP contribution in [0.5, 0.6) is 0 Å². The molecule has 0 spiro atoms. The van der Waals surface area contributed by atoms with Crippen LogP contribution in [-0.4, -0.2) is 24.4 Å². The second kappa shape index (κ2) is 7.19. The Morgan fingerprint density at radius 1 is 1.25 bits per heavy atom. The maximum Gasteiger partial charge on any atom is 0.0967 e. The van der Waals surface area contributed by atoms with Crippen LogP contribution in [-0.2, 0) is 0 Å². The van der Waals surface area contributed by atoms with Gasteiger partial charge in [-0.25, -0.2) is 0 Å². The van der Waals surface area contributed by atoms with E-state index in [4.69, 9.17) is 23.2 Å². The maximum atomic E-state index is 4.76. The van der Waals surface area contributed by atoms with Crippen LogP contribution in [0.2, 0.25) is 0 Å². The van der Waals surface area contributed by atoms with Crippen molar-refractivity contribution in [2.45, 2.75) is 0 Å². The molecule has 1 heterocycles. The van der Waals surface area contributed by atoms with Gasteiger partial charge < -0.3 is 4.90 Å². The van der Waals surface area contributed by atoms with E-state index in [0.717, 1.165) is 0 Å². The molecule has 4 heteroatoms. The van der Waals surface area contributed by atoms with E-state index in [1.807, 2.05) is 31.1 Å². The molecule has 12 heavy (non-hydrogen) atoms. The Balaban J connectivity index is 0.000000354. The molecule has 0 bridgehead atoms. The zero-order valence-corrected chi connectivity index (χ0v) is 8.68. The van der Waals surface area contributed by atoms with Gasteiger partial charge in [0, 0.05) is 32.2 Å². The normalized spacial score (nSPS) is 8.33.